The van der Waals surface area contributed by atoms with E-state index in [2.05, 4.69) is 5.32 Å². The highest BCUT2D eigenvalue weighted by molar-refractivity contribution is 8.01. The van der Waals surface area contributed by atoms with E-state index in [0.717, 1.165) is 36.1 Å². The van der Waals surface area contributed by atoms with Crippen molar-refractivity contribution in [1.29, 1.82) is 0 Å². The molecule has 1 amide bonds. The summed E-state index contributed by atoms with van der Waals surface area (Å²) < 4.78 is 4.78. The number of carbonyl (C=O) groups excluding carboxylic acids is 1. The molecule has 1 fully saturated rings. The smallest absolute Gasteiger partial charge is 0.341 e. The van der Waals surface area contributed by atoms with Crippen molar-refractivity contribution in [3.05, 3.63) is 60.2 Å². The highest BCUT2D eigenvalue weighted by Gasteiger charge is 2.42. The Kier molecular flexibility index (Phi) is 6.40. The standard InChI is InChI=1S/C21H23NO4S/c23-19(24)15-26-17-8-6-7-16(13-17)14-22-20(25)21(11-4-5-12-21)27-18-9-2-1-3-10-18/h1-3,6-10,13H,4-5,11-12,14-15H2,(H,22,25)(H,23,24). The molecule has 0 aliphatic heterocycles. The molecular weight excluding hydrogens is 362 g/mol. The number of ether oxygens (including phenoxy) is 1. The van der Waals surface area contributed by atoms with Crippen molar-refractivity contribution in [2.24, 2.45) is 0 Å². The number of thioether (sulfide) groups is 1. The number of carboxylic acids is 1. The van der Waals surface area contributed by atoms with Gasteiger partial charge >= 0.3 is 5.97 Å². The maximum atomic E-state index is 13.0. The zero-order valence-corrected chi connectivity index (χ0v) is 15.8. The molecule has 0 bridgehead atoms. The van der Waals surface area contributed by atoms with Crippen LogP contribution in [-0.4, -0.2) is 28.3 Å². The summed E-state index contributed by atoms with van der Waals surface area (Å²) in [4.78, 5) is 24.7. The molecule has 0 unspecified atom stereocenters. The number of nitrogens with one attached hydrogen (secondary N) is 1. The van der Waals surface area contributed by atoms with E-state index in [-0.39, 0.29) is 12.5 Å². The second kappa shape index (κ2) is 8.95. The molecule has 1 saturated carbocycles. The lowest BCUT2D eigenvalue weighted by molar-refractivity contribution is -0.139. The lowest BCUT2D eigenvalue weighted by Gasteiger charge is -2.27. The Morgan fingerprint density at radius 2 is 1.81 bits per heavy atom. The highest BCUT2D eigenvalue weighted by atomic mass is 32.2. The SMILES string of the molecule is O=C(O)COc1cccc(CNC(=O)C2(Sc3ccccc3)CCCC2)c1. The number of carbonyl (C=O) groups is 2. The van der Waals surface area contributed by atoms with Crippen LogP contribution < -0.4 is 10.1 Å². The Bertz CT molecular complexity index is 788. The molecule has 5 nitrogen and oxygen atoms in total. The fourth-order valence-electron chi connectivity index (χ4n) is 3.27. The van der Waals surface area contributed by atoms with Crippen LogP contribution in [0.4, 0.5) is 0 Å². The molecule has 2 aromatic rings. The molecule has 0 aromatic heterocycles. The zero-order valence-electron chi connectivity index (χ0n) is 15.0. The van der Waals surface area contributed by atoms with Crippen LogP contribution in [0.25, 0.3) is 0 Å². The normalized spacial score (nSPS) is 15.3. The topological polar surface area (TPSA) is 75.6 Å². The fraction of sp³-hybridized carbons (Fsp3) is 0.333. The van der Waals surface area contributed by atoms with Crippen molar-refractivity contribution >= 4 is 23.6 Å². The van der Waals surface area contributed by atoms with Gasteiger partial charge in [0, 0.05) is 11.4 Å². The van der Waals surface area contributed by atoms with E-state index in [1.165, 1.54) is 0 Å². The minimum atomic E-state index is -1.02. The molecular formula is C21H23NO4S. The quantitative estimate of drug-likeness (QED) is 0.721. The highest BCUT2D eigenvalue weighted by Crippen LogP contribution is 2.45. The number of rotatable bonds is 8. The molecule has 0 saturated heterocycles. The summed E-state index contributed by atoms with van der Waals surface area (Å²) in [5.74, 6) is -0.473. The van der Waals surface area contributed by atoms with Crippen LogP contribution >= 0.6 is 11.8 Å². The van der Waals surface area contributed by atoms with E-state index < -0.39 is 10.7 Å². The Balaban J connectivity index is 1.63. The van der Waals surface area contributed by atoms with Gasteiger partial charge in [0.1, 0.15) is 5.75 Å². The molecule has 142 valence electrons. The van der Waals surface area contributed by atoms with E-state index >= 15 is 0 Å². The summed E-state index contributed by atoms with van der Waals surface area (Å²) in [5, 5.41) is 11.8. The number of carboxylic acid groups (broad SMARTS) is 1. The third-order valence-electron chi connectivity index (χ3n) is 4.60. The van der Waals surface area contributed by atoms with Crippen molar-refractivity contribution in [2.75, 3.05) is 6.61 Å². The van der Waals surface area contributed by atoms with Gasteiger partial charge in [0.05, 0.1) is 4.75 Å². The van der Waals surface area contributed by atoms with Crippen LogP contribution in [0.5, 0.6) is 5.75 Å². The Morgan fingerprint density at radius 1 is 1.07 bits per heavy atom. The van der Waals surface area contributed by atoms with Gasteiger partial charge in [-0.1, -0.05) is 43.2 Å². The molecule has 0 atom stereocenters. The number of hydrogen-bond acceptors (Lipinski definition) is 4. The molecule has 0 spiro atoms. The molecule has 0 heterocycles. The van der Waals surface area contributed by atoms with Gasteiger partial charge in [0.2, 0.25) is 5.91 Å². The molecule has 2 N–H and O–H groups in total. The maximum Gasteiger partial charge on any atom is 0.341 e. The van der Waals surface area contributed by atoms with Crippen LogP contribution in [0.2, 0.25) is 0 Å². The molecule has 2 aromatic carbocycles. The maximum absolute atomic E-state index is 13.0. The van der Waals surface area contributed by atoms with Gasteiger partial charge in [0.25, 0.3) is 0 Å². The van der Waals surface area contributed by atoms with E-state index in [9.17, 15) is 9.59 Å². The van der Waals surface area contributed by atoms with Gasteiger partial charge in [-0.05, 0) is 42.7 Å². The first-order valence-corrected chi connectivity index (χ1v) is 9.85. The van der Waals surface area contributed by atoms with E-state index in [0.29, 0.717) is 12.3 Å². The van der Waals surface area contributed by atoms with Crippen LogP contribution in [0.15, 0.2) is 59.5 Å². The van der Waals surface area contributed by atoms with E-state index in [1.54, 1.807) is 30.0 Å². The van der Waals surface area contributed by atoms with Crippen molar-refractivity contribution in [1.82, 2.24) is 5.32 Å². The van der Waals surface area contributed by atoms with E-state index in [4.69, 9.17) is 9.84 Å². The monoisotopic (exact) mass is 385 g/mol. The van der Waals surface area contributed by atoms with Gasteiger partial charge in [-0.3, -0.25) is 4.79 Å². The lowest BCUT2D eigenvalue weighted by atomic mass is 10.1. The lowest BCUT2D eigenvalue weighted by Crippen LogP contribution is -2.41. The van der Waals surface area contributed by atoms with Crippen LogP contribution in [-0.2, 0) is 16.1 Å². The zero-order chi connectivity index (χ0) is 19.1. The van der Waals surface area contributed by atoms with Gasteiger partial charge < -0.3 is 15.2 Å². The first-order chi connectivity index (χ1) is 13.1. The number of hydrogen-bond donors (Lipinski definition) is 2. The number of aliphatic carboxylic acids is 1. The summed E-state index contributed by atoms with van der Waals surface area (Å²) in [7, 11) is 0. The first kappa shape index (κ1) is 19.3. The van der Waals surface area contributed by atoms with Gasteiger partial charge in [-0.15, -0.1) is 11.8 Å². The van der Waals surface area contributed by atoms with Crippen molar-refractivity contribution in [2.45, 2.75) is 41.9 Å². The molecule has 6 heteroatoms. The molecule has 3 rings (SSSR count). The first-order valence-electron chi connectivity index (χ1n) is 9.03. The summed E-state index contributed by atoms with van der Waals surface area (Å²) in [6, 6.07) is 17.2. The molecule has 1 aliphatic rings. The Labute approximate surface area is 163 Å². The average molecular weight is 385 g/mol. The summed E-state index contributed by atoms with van der Waals surface area (Å²) >= 11 is 1.65. The summed E-state index contributed by atoms with van der Waals surface area (Å²) in [6.45, 7) is 0.00679. The third-order valence-corrected chi connectivity index (χ3v) is 6.09. The van der Waals surface area contributed by atoms with Crippen LogP contribution in [0.1, 0.15) is 31.2 Å². The average Bonchev–Trinajstić information content (AvgIpc) is 3.15. The minimum absolute atomic E-state index is 0.0608. The molecule has 1 aliphatic carbocycles. The largest absolute Gasteiger partial charge is 0.482 e. The molecule has 27 heavy (non-hydrogen) atoms. The van der Waals surface area contributed by atoms with Crippen molar-refractivity contribution in [3.8, 4) is 5.75 Å². The fourth-order valence-corrected chi connectivity index (χ4v) is 4.67. The van der Waals surface area contributed by atoms with Crippen molar-refractivity contribution < 1.29 is 19.4 Å². The third kappa shape index (κ3) is 5.26. The van der Waals surface area contributed by atoms with Gasteiger partial charge in [-0.2, -0.15) is 0 Å². The van der Waals surface area contributed by atoms with Gasteiger partial charge in [-0.25, -0.2) is 4.79 Å². The molecule has 0 radical (unpaired) electrons. The Morgan fingerprint density at radius 3 is 2.52 bits per heavy atom. The van der Waals surface area contributed by atoms with Gasteiger partial charge in [0.15, 0.2) is 6.61 Å². The summed E-state index contributed by atoms with van der Waals surface area (Å²) in [5.41, 5.74) is 0.879. The van der Waals surface area contributed by atoms with E-state index in [1.807, 2.05) is 36.4 Å². The Hall–Kier alpha value is -2.47. The van der Waals surface area contributed by atoms with Crippen molar-refractivity contribution in [3.63, 3.8) is 0 Å². The second-order valence-corrected chi connectivity index (χ2v) is 8.09. The second-order valence-electron chi connectivity index (χ2n) is 6.63. The predicted octanol–water partition coefficient (Wildman–Crippen LogP) is 3.87. The van der Waals surface area contributed by atoms with Crippen LogP contribution in [0, 0.1) is 0 Å². The number of benzene rings is 2. The summed E-state index contributed by atoms with van der Waals surface area (Å²) in [6.07, 6.45) is 3.87. The minimum Gasteiger partial charge on any atom is -0.482 e. The predicted molar refractivity (Wildman–Crippen MR) is 105 cm³/mol. The van der Waals surface area contributed by atoms with Crippen LogP contribution in [0.3, 0.4) is 0 Å². The number of amides is 1.